The van der Waals surface area contributed by atoms with Gasteiger partial charge in [-0.25, -0.2) is 0 Å². The van der Waals surface area contributed by atoms with Gasteiger partial charge in [-0.05, 0) is 46.1 Å². The minimum absolute atomic E-state index is 0.148. The predicted molar refractivity (Wildman–Crippen MR) is 76.9 cm³/mol. The molecule has 2 atom stereocenters. The third kappa shape index (κ3) is 5.52. The van der Waals surface area contributed by atoms with Crippen LogP contribution in [0.3, 0.4) is 0 Å². The number of esters is 1. The van der Waals surface area contributed by atoms with E-state index in [4.69, 9.17) is 13.8 Å². The summed E-state index contributed by atoms with van der Waals surface area (Å²) >= 11 is 0. The van der Waals surface area contributed by atoms with Crippen molar-refractivity contribution in [2.75, 3.05) is 32.5 Å². The first kappa shape index (κ1) is 17.6. The van der Waals surface area contributed by atoms with Crippen molar-refractivity contribution in [2.45, 2.75) is 39.7 Å². The smallest absolute Gasteiger partial charge is 0.330 e. The van der Waals surface area contributed by atoms with Crippen molar-refractivity contribution in [1.29, 1.82) is 0 Å². The molecule has 6 nitrogen and oxygen atoms in total. The lowest BCUT2D eigenvalue weighted by Gasteiger charge is -2.30. The molecule has 1 rings (SSSR count). The van der Waals surface area contributed by atoms with Gasteiger partial charge in [0.25, 0.3) is 0 Å². The molecule has 1 aliphatic heterocycles. The maximum Gasteiger partial charge on any atom is 0.330 e. The number of piperidine rings is 1. The minimum atomic E-state index is -3.04. The molecule has 0 unspecified atom stereocenters. The van der Waals surface area contributed by atoms with E-state index in [-0.39, 0.29) is 17.9 Å². The molecule has 1 saturated heterocycles. The molecule has 0 aliphatic carbocycles. The van der Waals surface area contributed by atoms with Crippen molar-refractivity contribution in [3.63, 3.8) is 0 Å². The molecule has 1 aliphatic rings. The van der Waals surface area contributed by atoms with E-state index in [1.807, 2.05) is 0 Å². The monoisotopic (exact) mass is 307 g/mol. The van der Waals surface area contributed by atoms with Gasteiger partial charge < -0.3 is 19.1 Å². The maximum atomic E-state index is 12.5. The Hall–Kier alpha value is -0.420. The highest BCUT2D eigenvalue weighted by molar-refractivity contribution is 7.53. The summed E-state index contributed by atoms with van der Waals surface area (Å²) in [6.07, 6.45) is 1.84. The summed E-state index contributed by atoms with van der Waals surface area (Å²) in [6, 6.07) is -0.314. The van der Waals surface area contributed by atoms with Gasteiger partial charge in [0.05, 0.1) is 26.0 Å². The molecular formula is C13H26NO5P. The van der Waals surface area contributed by atoms with Crippen LogP contribution in [-0.4, -0.2) is 44.5 Å². The number of rotatable bonds is 8. The van der Waals surface area contributed by atoms with Gasteiger partial charge in [-0.3, -0.25) is 9.36 Å². The Labute approximate surface area is 121 Å². The van der Waals surface area contributed by atoms with Crippen molar-refractivity contribution in [1.82, 2.24) is 5.32 Å². The Kier molecular flexibility index (Phi) is 7.74. The summed E-state index contributed by atoms with van der Waals surface area (Å²) in [7, 11) is -3.04. The SMILES string of the molecule is CCOC(=O)[C@@H]1C[C@H](CP(=O)(OCC)OCC)CCN1. The van der Waals surface area contributed by atoms with Crippen molar-refractivity contribution in [2.24, 2.45) is 5.92 Å². The minimum Gasteiger partial charge on any atom is -0.465 e. The summed E-state index contributed by atoms with van der Waals surface area (Å²) in [5.74, 6) is -0.0885. The Balaban J connectivity index is 2.57. The Bertz CT molecular complexity index is 340. The molecule has 0 aromatic heterocycles. The molecule has 0 radical (unpaired) electrons. The number of ether oxygens (including phenoxy) is 1. The van der Waals surface area contributed by atoms with Crippen molar-refractivity contribution < 1.29 is 23.1 Å². The molecule has 118 valence electrons. The molecule has 0 bridgehead atoms. The van der Waals surface area contributed by atoms with Crippen molar-refractivity contribution in [3.05, 3.63) is 0 Å². The molecule has 1 fully saturated rings. The highest BCUT2D eigenvalue weighted by Crippen LogP contribution is 2.50. The van der Waals surface area contributed by atoms with Crippen LogP contribution >= 0.6 is 7.60 Å². The first-order chi connectivity index (χ1) is 9.54. The standard InChI is InChI=1S/C13H26NO5P/c1-4-17-13(15)12-9-11(7-8-14-12)10-20(16,18-5-2)19-6-3/h11-12,14H,4-10H2,1-3H3/t11-,12+/m1/s1. The van der Waals surface area contributed by atoms with Gasteiger partial charge in [0, 0.05) is 0 Å². The second-order valence-corrected chi connectivity index (χ2v) is 6.88. The summed E-state index contributed by atoms with van der Waals surface area (Å²) in [5.41, 5.74) is 0. The highest BCUT2D eigenvalue weighted by Gasteiger charge is 2.34. The molecular weight excluding hydrogens is 281 g/mol. The molecule has 0 spiro atoms. The van der Waals surface area contributed by atoms with Gasteiger partial charge >= 0.3 is 13.6 Å². The first-order valence-corrected chi connectivity index (χ1v) is 9.05. The van der Waals surface area contributed by atoms with E-state index in [0.29, 0.717) is 38.9 Å². The predicted octanol–water partition coefficient (Wildman–Crippen LogP) is 2.18. The van der Waals surface area contributed by atoms with Crippen LogP contribution in [0.15, 0.2) is 0 Å². The molecule has 0 amide bonds. The number of carbonyl (C=O) groups is 1. The number of hydrogen-bond acceptors (Lipinski definition) is 6. The lowest BCUT2D eigenvalue weighted by molar-refractivity contribution is -0.146. The van der Waals surface area contributed by atoms with E-state index in [1.54, 1.807) is 20.8 Å². The van der Waals surface area contributed by atoms with Gasteiger partial charge in [-0.15, -0.1) is 0 Å². The van der Waals surface area contributed by atoms with Crippen LogP contribution in [0.4, 0.5) is 0 Å². The number of hydrogen-bond donors (Lipinski definition) is 1. The van der Waals surface area contributed by atoms with Gasteiger partial charge in [-0.1, -0.05) is 0 Å². The molecule has 20 heavy (non-hydrogen) atoms. The van der Waals surface area contributed by atoms with Crippen molar-refractivity contribution in [3.8, 4) is 0 Å². The molecule has 7 heteroatoms. The Morgan fingerprint density at radius 2 is 1.85 bits per heavy atom. The van der Waals surface area contributed by atoms with Crippen LogP contribution in [-0.2, 0) is 23.1 Å². The van der Waals surface area contributed by atoms with Crippen LogP contribution in [0.5, 0.6) is 0 Å². The van der Waals surface area contributed by atoms with Crippen molar-refractivity contribution >= 4 is 13.6 Å². The highest BCUT2D eigenvalue weighted by atomic mass is 31.2. The second kappa shape index (κ2) is 8.78. The van der Waals surface area contributed by atoms with E-state index in [1.165, 1.54) is 0 Å². The third-order valence-corrected chi connectivity index (χ3v) is 5.48. The molecule has 0 saturated carbocycles. The lowest BCUT2D eigenvalue weighted by atomic mass is 9.94. The zero-order valence-electron chi connectivity index (χ0n) is 12.6. The lowest BCUT2D eigenvalue weighted by Crippen LogP contribution is -2.45. The van der Waals surface area contributed by atoms with E-state index in [0.717, 1.165) is 6.42 Å². The van der Waals surface area contributed by atoms with Gasteiger partial charge in [0.1, 0.15) is 6.04 Å². The van der Waals surface area contributed by atoms with Crippen LogP contribution < -0.4 is 5.32 Å². The van der Waals surface area contributed by atoms with Crippen LogP contribution in [0.2, 0.25) is 0 Å². The fourth-order valence-electron chi connectivity index (χ4n) is 2.44. The number of nitrogens with one attached hydrogen (secondary N) is 1. The van der Waals surface area contributed by atoms with Crippen LogP contribution in [0.1, 0.15) is 33.6 Å². The Morgan fingerprint density at radius 3 is 2.40 bits per heavy atom. The van der Waals surface area contributed by atoms with Gasteiger partial charge in [-0.2, -0.15) is 0 Å². The average molecular weight is 307 g/mol. The van der Waals surface area contributed by atoms with E-state index < -0.39 is 7.60 Å². The number of carbonyl (C=O) groups excluding carboxylic acids is 1. The Morgan fingerprint density at radius 1 is 1.20 bits per heavy atom. The summed E-state index contributed by atoms with van der Waals surface area (Å²) in [4.78, 5) is 11.7. The largest absolute Gasteiger partial charge is 0.465 e. The zero-order chi connectivity index (χ0) is 15.0. The maximum absolute atomic E-state index is 12.5. The summed E-state index contributed by atoms with van der Waals surface area (Å²) in [5, 5.41) is 3.14. The molecule has 0 aromatic carbocycles. The van der Waals surface area contributed by atoms with Gasteiger partial charge in [0.15, 0.2) is 0 Å². The fraction of sp³-hybridized carbons (Fsp3) is 0.923. The second-order valence-electron chi connectivity index (χ2n) is 4.78. The normalized spacial score (nSPS) is 23.6. The fourth-order valence-corrected chi connectivity index (χ4v) is 4.47. The molecule has 0 aromatic rings. The summed E-state index contributed by atoms with van der Waals surface area (Å²) < 4.78 is 28.1. The average Bonchev–Trinajstić information content (AvgIpc) is 2.39. The molecule has 1 heterocycles. The first-order valence-electron chi connectivity index (χ1n) is 7.32. The quantitative estimate of drug-likeness (QED) is 0.547. The van der Waals surface area contributed by atoms with Crippen LogP contribution in [0, 0.1) is 5.92 Å². The summed E-state index contributed by atoms with van der Waals surface area (Å²) in [6.45, 7) is 7.21. The van der Waals surface area contributed by atoms with Crippen LogP contribution in [0.25, 0.3) is 0 Å². The van der Waals surface area contributed by atoms with E-state index >= 15 is 0 Å². The third-order valence-electron chi connectivity index (χ3n) is 3.22. The van der Waals surface area contributed by atoms with E-state index in [2.05, 4.69) is 5.32 Å². The van der Waals surface area contributed by atoms with E-state index in [9.17, 15) is 9.36 Å². The zero-order valence-corrected chi connectivity index (χ0v) is 13.5. The topological polar surface area (TPSA) is 73.9 Å². The molecule has 1 N–H and O–H groups in total. The van der Waals surface area contributed by atoms with Gasteiger partial charge in [0.2, 0.25) is 0 Å².